The number of hydrogen-bond acceptors (Lipinski definition) is 4. The average molecular weight is 341 g/mol. The smallest absolute Gasteiger partial charge is 0.265 e. The number of sulfonamides is 1. The molecule has 2 rings (SSSR count). The summed E-state index contributed by atoms with van der Waals surface area (Å²) in [6.07, 6.45) is 1.54. The highest BCUT2D eigenvalue weighted by Gasteiger charge is 2.25. The summed E-state index contributed by atoms with van der Waals surface area (Å²) in [6.45, 7) is 5.24. The third-order valence-corrected chi connectivity index (χ3v) is 5.36. The number of ether oxygens (including phenoxy) is 1. The first kappa shape index (κ1) is 16.6. The molecule has 0 spiro atoms. The maximum absolute atomic E-state index is 12.7. The molecule has 0 atom stereocenters. The number of methoxy groups -OCH3 is 1. The molecule has 1 N–H and O–H groups in total. The second-order valence-corrected chi connectivity index (χ2v) is 6.95. The molecule has 2 aromatic rings. The normalized spacial score (nSPS) is 11.3. The topological polar surface area (TPSA) is 68.3 Å². The van der Waals surface area contributed by atoms with Crippen molar-refractivity contribution in [2.24, 2.45) is 0 Å². The van der Waals surface area contributed by atoms with E-state index in [0.717, 1.165) is 5.56 Å². The Bertz CT molecular complexity index is 820. The number of aromatic nitrogens is 1. The molecule has 0 aliphatic heterocycles. The van der Waals surface area contributed by atoms with Gasteiger partial charge in [-0.3, -0.25) is 9.71 Å². The lowest BCUT2D eigenvalue weighted by molar-refractivity contribution is 0.402. The SMILES string of the molecule is COc1cc(C)c(Cl)c(C)c1S(=O)(=O)Nc1ccnc(C)c1. The number of hydrogen-bond donors (Lipinski definition) is 1. The Hall–Kier alpha value is -1.79. The van der Waals surface area contributed by atoms with E-state index in [9.17, 15) is 8.42 Å². The van der Waals surface area contributed by atoms with E-state index in [4.69, 9.17) is 16.3 Å². The summed E-state index contributed by atoms with van der Waals surface area (Å²) in [6, 6.07) is 4.85. The third-order valence-electron chi connectivity index (χ3n) is 3.22. The molecule has 118 valence electrons. The highest BCUT2D eigenvalue weighted by Crippen LogP contribution is 2.35. The number of nitrogens with one attached hydrogen (secondary N) is 1. The first-order valence-corrected chi connectivity index (χ1v) is 8.41. The van der Waals surface area contributed by atoms with Crippen molar-refractivity contribution in [3.63, 3.8) is 0 Å². The van der Waals surface area contributed by atoms with Crippen LogP contribution >= 0.6 is 11.6 Å². The Morgan fingerprint density at radius 3 is 2.50 bits per heavy atom. The average Bonchev–Trinajstić information content (AvgIpc) is 2.43. The van der Waals surface area contributed by atoms with Crippen LogP contribution in [-0.4, -0.2) is 20.5 Å². The number of pyridine rings is 1. The second-order valence-electron chi connectivity index (χ2n) is 4.96. The lowest BCUT2D eigenvalue weighted by Gasteiger charge is -2.16. The van der Waals surface area contributed by atoms with Crippen LogP contribution in [-0.2, 0) is 10.0 Å². The van der Waals surface area contributed by atoms with Gasteiger partial charge in [-0.25, -0.2) is 8.42 Å². The molecule has 0 amide bonds. The maximum atomic E-state index is 12.7. The molecule has 22 heavy (non-hydrogen) atoms. The molecule has 7 heteroatoms. The molecule has 0 unspecified atom stereocenters. The fourth-order valence-corrected chi connectivity index (χ4v) is 3.86. The van der Waals surface area contributed by atoms with Gasteiger partial charge in [0.15, 0.2) is 0 Å². The van der Waals surface area contributed by atoms with Crippen LogP contribution < -0.4 is 9.46 Å². The summed E-state index contributed by atoms with van der Waals surface area (Å²) in [4.78, 5) is 4.08. The standard InChI is InChI=1S/C15H17ClN2O3S/c1-9-7-13(21-4)15(11(3)14(9)16)22(19,20)18-12-5-6-17-10(2)8-12/h5-8H,1-4H3,(H,17,18). The fraction of sp³-hybridized carbons (Fsp3) is 0.267. The lowest BCUT2D eigenvalue weighted by Crippen LogP contribution is -2.16. The molecule has 0 bridgehead atoms. The van der Waals surface area contributed by atoms with Crippen molar-refractivity contribution >= 4 is 27.3 Å². The predicted octanol–water partition coefficient (Wildman–Crippen LogP) is 3.47. The van der Waals surface area contributed by atoms with Crippen molar-refractivity contribution in [3.05, 3.63) is 46.2 Å². The molecule has 1 heterocycles. The number of benzene rings is 1. The number of aryl methyl sites for hydroxylation is 2. The molecule has 5 nitrogen and oxygen atoms in total. The minimum Gasteiger partial charge on any atom is -0.495 e. The van der Waals surface area contributed by atoms with E-state index < -0.39 is 10.0 Å². The Balaban J connectivity index is 2.57. The van der Waals surface area contributed by atoms with Crippen molar-refractivity contribution < 1.29 is 13.2 Å². The molecule has 0 aliphatic carbocycles. The molecule has 0 aliphatic rings. The highest BCUT2D eigenvalue weighted by atomic mass is 35.5. The van der Waals surface area contributed by atoms with Gasteiger partial charge in [-0.1, -0.05) is 11.6 Å². The number of halogens is 1. The van der Waals surface area contributed by atoms with Crippen LogP contribution in [0, 0.1) is 20.8 Å². The summed E-state index contributed by atoms with van der Waals surface area (Å²) in [7, 11) is -2.40. The van der Waals surface area contributed by atoms with E-state index in [0.29, 0.717) is 22.0 Å². The first-order valence-electron chi connectivity index (χ1n) is 6.55. The van der Waals surface area contributed by atoms with Gasteiger partial charge in [0, 0.05) is 16.9 Å². The molecule has 1 aromatic heterocycles. The van der Waals surface area contributed by atoms with Crippen molar-refractivity contribution in [2.75, 3.05) is 11.8 Å². The zero-order valence-corrected chi connectivity index (χ0v) is 14.3. The van der Waals surface area contributed by atoms with Crippen molar-refractivity contribution in [3.8, 4) is 5.75 Å². The summed E-state index contributed by atoms with van der Waals surface area (Å²) in [5, 5.41) is 0.409. The zero-order chi connectivity index (χ0) is 16.5. The summed E-state index contributed by atoms with van der Waals surface area (Å²) in [5.41, 5.74) is 2.36. The first-order chi connectivity index (χ1) is 10.3. The number of anilines is 1. The monoisotopic (exact) mass is 340 g/mol. The molecular weight excluding hydrogens is 324 g/mol. The van der Waals surface area contributed by atoms with Gasteiger partial charge >= 0.3 is 0 Å². The summed E-state index contributed by atoms with van der Waals surface area (Å²) >= 11 is 6.19. The zero-order valence-electron chi connectivity index (χ0n) is 12.8. The second kappa shape index (κ2) is 6.14. The molecular formula is C15H17ClN2O3S. The van der Waals surface area contributed by atoms with Gasteiger partial charge in [-0.15, -0.1) is 0 Å². The van der Waals surface area contributed by atoms with Crippen LogP contribution in [0.3, 0.4) is 0 Å². The molecule has 0 fully saturated rings. The molecule has 0 saturated carbocycles. The Morgan fingerprint density at radius 1 is 1.23 bits per heavy atom. The lowest BCUT2D eigenvalue weighted by atomic mass is 10.1. The molecule has 0 radical (unpaired) electrons. The van der Waals surface area contributed by atoms with E-state index in [1.807, 2.05) is 0 Å². The maximum Gasteiger partial charge on any atom is 0.265 e. The Kier molecular flexibility index (Phi) is 4.63. The van der Waals surface area contributed by atoms with Crippen molar-refractivity contribution in [1.82, 2.24) is 4.98 Å². The van der Waals surface area contributed by atoms with Crippen molar-refractivity contribution in [2.45, 2.75) is 25.7 Å². The van der Waals surface area contributed by atoms with Gasteiger partial charge in [-0.05, 0) is 50.1 Å². The van der Waals surface area contributed by atoms with E-state index in [1.54, 1.807) is 45.2 Å². The minimum absolute atomic E-state index is 0.0417. The van der Waals surface area contributed by atoms with Crippen LogP contribution in [0.15, 0.2) is 29.3 Å². The fourth-order valence-electron chi connectivity index (χ4n) is 2.21. The highest BCUT2D eigenvalue weighted by molar-refractivity contribution is 7.92. The summed E-state index contributed by atoms with van der Waals surface area (Å²) in [5.74, 6) is 0.262. The van der Waals surface area contributed by atoms with Crippen LogP contribution in [0.5, 0.6) is 5.75 Å². The number of nitrogens with zero attached hydrogens (tertiary/aromatic N) is 1. The predicted molar refractivity (Wildman–Crippen MR) is 87.3 cm³/mol. The van der Waals surface area contributed by atoms with Gasteiger partial charge < -0.3 is 4.74 Å². The van der Waals surface area contributed by atoms with E-state index in [-0.39, 0.29) is 10.6 Å². The molecule has 1 aromatic carbocycles. The van der Waals surface area contributed by atoms with Crippen LogP contribution in [0.2, 0.25) is 5.02 Å². The molecule has 0 saturated heterocycles. The minimum atomic E-state index is -3.83. The van der Waals surface area contributed by atoms with Crippen LogP contribution in [0.4, 0.5) is 5.69 Å². The van der Waals surface area contributed by atoms with Gasteiger partial charge in [0.1, 0.15) is 10.6 Å². The quantitative estimate of drug-likeness (QED) is 0.925. The van der Waals surface area contributed by atoms with Gasteiger partial charge in [0.2, 0.25) is 0 Å². The van der Waals surface area contributed by atoms with Crippen LogP contribution in [0.25, 0.3) is 0 Å². The Morgan fingerprint density at radius 2 is 1.91 bits per heavy atom. The van der Waals surface area contributed by atoms with E-state index >= 15 is 0 Å². The third kappa shape index (κ3) is 3.18. The van der Waals surface area contributed by atoms with Crippen LogP contribution in [0.1, 0.15) is 16.8 Å². The van der Waals surface area contributed by atoms with Gasteiger partial charge in [0.05, 0.1) is 12.8 Å². The van der Waals surface area contributed by atoms with E-state index in [1.165, 1.54) is 7.11 Å². The van der Waals surface area contributed by atoms with E-state index in [2.05, 4.69) is 9.71 Å². The van der Waals surface area contributed by atoms with Gasteiger partial charge in [-0.2, -0.15) is 0 Å². The number of rotatable bonds is 4. The largest absolute Gasteiger partial charge is 0.495 e. The Labute approximate surface area is 135 Å². The van der Waals surface area contributed by atoms with Crippen molar-refractivity contribution in [1.29, 1.82) is 0 Å². The van der Waals surface area contributed by atoms with Gasteiger partial charge in [0.25, 0.3) is 10.0 Å². The summed E-state index contributed by atoms with van der Waals surface area (Å²) < 4.78 is 33.2.